The van der Waals surface area contributed by atoms with Crippen molar-refractivity contribution >= 4 is 81.1 Å². The van der Waals surface area contributed by atoms with Gasteiger partial charge in [0, 0.05) is 60.8 Å². The van der Waals surface area contributed by atoms with Gasteiger partial charge in [0.05, 0.1) is 122 Å². The summed E-state index contributed by atoms with van der Waals surface area (Å²) in [6.45, 7) is 27.8. The Morgan fingerprint density at radius 1 is 0.213 bits per heavy atom. The molecule has 0 aromatic heterocycles. The van der Waals surface area contributed by atoms with E-state index in [1.807, 2.05) is 6.92 Å². The summed E-state index contributed by atoms with van der Waals surface area (Å²) in [7, 11) is 0. The highest BCUT2D eigenvalue weighted by Crippen LogP contribution is 2.47. The number of rotatable bonds is 18. The summed E-state index contributed by atoms with van der Waals surface area (Å²) in [6, 6.07) is 16.6. The number of hydrogen-bond donors (Lipinski definition) is 0. The van der Waals surface area contributed by atoms with Crippen LogP contribution in [0.5, 0.6) is 0 Å². The predicted octanol–water partition coefficient (Wildman–Crippen LogP) is 30.9. The van der Waals surface area contributed by atoms with E-state index in [1.165, 1.54) is 128 Å². The standard InChI is InChI=1S/2C20H24F4O3.C19H24Cl2O3.2C19H24ClFO3.C19H24F2O3.6H2/c1-11-3-6-13(7-4-11)14-9-26-19(27-10-14)18(25)15-8-5-12(2)17(21)16(15)20(22,23)24;1-11-3-6-13(7-4-11)14-9-26-19(27-10-14)18(25)15-8-5-12(2)16(17(15)21)20(22,23)24;1-11-3-6-13(7-4-11)14-9-23-19(24-10-14)18(22)15-8-5-12(2)16(20)17(15)21;1-11-3-6-13(7-4-11)14-9-23-19(24-10-14)18(22)15-8-5-12(2)17(21)16(15)20;2*1-11-3-6-13(7-4-11)14-9-23-19(24-10-14)18(22)15-8-5-12(2)16(20)17(15)21;;;;;;/h2*5,8,11,13-14,19H,3-4,6-7,9-10H2,1-2H3;4*5,8,11,13-14,19H,3-4,6-7,9-10H2,1-2H3;6*1H. The molecule has 12 fully saturated rings. The van der Waals surface area contributed by atoms with Crippen LogP contribution < -0.4 is 0 Å². The highest BCUT2D eigenvalue weighted by atomic mass is 35.5. The van der Waals surface area contributed by atoms with Crippen molar-refractivity contribution in [3.63, 3.8) is 0 Å². The average molecular weight is 2210 g/mol. The molecule has 840 valence electrons. The van der Waals surface area contributed by atoms with Crippen LogP contribution in [0.15, 0.2) is 72.8 Å². The minimum atomic E-state index is -4.98. The molecule has 6 saturated heterocycles. The quantitative estimate of drug-likeness (QED) is 0.0578. The van der Waals surface area contributed by atoms with Crippen LogP contribution in [-0.4, -0.2) is 152 Å². The number of ether oxygens (including phenoxy) is 12. The van der Waals surface area contributed by atoms with E-state index in [4.69, 9.17) is 103 Å². The monoisotopic (exact) mass is 2200 g/mol. The predicted molar refractivity (Wildman–Crippen MR) is 557 cm³/mol. The van der Waals surface area contributed by atoms with Gasteiger partial charge >= 0.3 is 12.4 Å². The number of Topliss-reactive ketones (excluding diaryl/α,β-unsaturated/α-hetero) is 6. The number of carbonyl (C=O) groups excluding carboxylic acids is 6. The molecule has 18 nitrogen and oxygen atoms in total. The molecule has 6 aliphatic heterocycles. The van der Waals surface area contributed by atoms with Gasteiger partial charge in [-0.15, -0.1) is 0 Å². The van der Waals surface area contributed by atoms with Crippen LogP contribution in [-0.2, 0) is 69.2 Å². The van der Waals surface area contributed by atoms with Crippen molar-refractivity contribution in [2.75, 3.05) is 79.3 Å². The van der Waals surface area contributed by atoms with Crippen LogP contribution in [0, 0.1) is 183 Å². The minimum Gasteiger partial charge on any atom is -0.345 e. The third kappa shape index (κ3) is 31.0. The van der Waals surface area contributed by atoms with E-state index in [9.17, 15) is 81.5 Å². The lowest BCUT2D eigenvalue weighted by Gasteiger charge is -2.36. The van der Waals surface area contributed by atoms with Gasteiger partial charge in [0.25, 0.3) is 0 Å². The highest BCUT2D eigenvalue weighted by molar-refractivity contribution is 6.44. The van der Waals surface area contributed by atoms with Crippen molar-refractivity contribution in [2.24, 2.45) is 107 Å². The van der Waals surface area contributed by atoms with Crippen LogP contribution >= 0.6 is 46.4 Å². The van der Waals surface area contributed by atoms with Gasteiger partial charge in [-0.05, 0) is 253 Å². The molecule has 18 rings (SSSR count). The summed E-state index contributed by atoms with van der Waals surface area (Å²) in [5, 5.41) is 0.506. The molecular weight excluding hydrogens is 2050 g/mol. The molecule has 0 spiro atoms. The van der Waals surface area contributed by atoms with Crippen LogP contribution in [0.1, 0.15) is 311 Å². The van der Waals surface area contributed by atoms with Gasteiger partial charge in [-0.3, -0.25) is 28.8 Å². The first-order valence-corrected chi connectivity index (χ1v) is 54.9. The second-order valence-electron chi connectivity index (χ2n) is 44.3. The Kier molecular flexibility index (Phi) is 44.0. The summed E-state index contributed by atoms with van der Waals surface area (Å²) in [4.78, 5) is 75.0. The average Bonchev–Trinajstić information content (AvgIpc) is 0.775. The molecule has 6 heterocycles. The van der Waals surface area contributed by atoms with Crippen LogP contribution in [0.25, 0.3) is 0 Å². The molecule has 0 unspecified atom stereocenters. The molecule has 12 aliphatic rings. The number of ketones is 6. The number of aryl methyl sites for hydroxylation is 6. The zero-order valence-electron chi connectivity index (χ0n) is 87.6. The summed E-state index contributed by atoms with van der Waals surface area (Å²) in [6.07, 6.45) is 11.8. The maximum absolute atomic E-state index is 14.4. The fourth-order valence-corrected chi connectivity index (χ4v) is 23.6. The van der Waals surface area contributed by atoms with Gasteiger partial charge in [0.1, 0.15) is 23.0 Å². The summed E-state index contributed by atoms with van der Waals surface area (Å²) < 4.78 is 230. The normalized spacial score (nSPS) is 30.5. The first kappa shape index (κ1) is 120. The van der Waals surface area contributed by atoms with Gasteiger partial charge in [-0.1, -0.05) is 207 Å². The minimum absolute atomic E-state index is 0. The Hall–Kier alpha value is -6.82. The Balaban J connectivity index is 0.000000251. The largest absolute Gasteiger partial charge is 0.419 e. The van der Waals surface area contributed by atoms with Gasteiger partial charge in [0.2, 0.25) is 72.4 Å². The van der Waals surface area contributed by atoms with Crippen molar-refractivity contribution in [3.8, 4) is 0 Å². The number of carbonyl (C=O) groups is 6. The van der Waals surface area contributed by atoms with E-state index in [0.29, 0.717) is 153 Å². The molecule has 0 N–H and O–H groups in total. The topological polar surface area (TPSA) is 213 Å². The van der Waals surface area contributed by atoms with E-state index >= 15 is 0 Å². The Bertz CT molecular complexity index is 5120. The maximum atomic E-state index is 14.4. The maximum Gasteiger partial charge on any atom is 0.419 e. The lowest BCUT2D eigenvalue weighted by atomic mass is 9.76. The molecule has 0 amide bonds. The summed E-state index contributed by atoms with van der Waals surface area (Å²) >= 11 is 24.2. The van der Waals surface area contributed by atoms with Crippen molar-refractivity contribution in [3.05, 3.63) is 206 Å². The molecule has 0 atom stereocenters. The van der Waals surface area contributed by atoms with Crippen molar-refractivity contribution in [1.29, 1.82) is 0 Å². The Morgan fingerprint density at radius 2 is 0.413 bits per heavy atom. The third-order valence-electron chi connectivity index (χ3n) is 33.1. The molecule has 34 heteroatoms. The molecule has 0 bridgehead atoms. The second-order valence-corrected chi connectivity index (χ2v) is 45.8. The fraction of sp³-hybridized carbons (Fsp3) is 0.638. The molecule has 150 heavy (non-hydrogen) atoms. The van der Waals surface area contributed by atoms with E-state index in [-0.39, 0.29) is 93.8 Å². The van der Waals surface area contributed by atoms with E-state index in [2.05, 4.69) is 41.5 Å². The zero-order valence-corrected chi connectivity index (χ0v) is 90.7. The molecule has 6 aromatic carbocycles. The van der Waals surface area contributed by atoms with Crippen molar-refractivity contribution < 1.29 is 147 Å². The smallest absolute Gasteiger partial charge is 0.345 e. The van der Waals surface area contributed by atoms with Crippen LogP contribution in [0.4, 0.5) is 52.7 Å². The summed E-state index contributed by atoms with van der Waals surface area (Å²) in [5.41, 5.74) is -2.69. The zero-order chi connectivity index (χ0) is 109. The number of alkyl halides is 6. The van der Waals surface area contributed by atoms with E-state index in [0.717, 1.165) is 125 Å². The van der Waals surface area contributed by atoms with Crippen LogP contribution in [0.2, 0.25) is 20.1 Å². The molecular formula is C116H156Cl4F12O18. The molecule has 6 saturated carbocycles. The second kappa shape index (κ2) is 54.9. The van der Waals surface area contributed by atoms with Crippen molar-refractivity contribution in [1.82, 2.24) is 0 Å². The first-order chi connectivity index (χ1) is 71.2. The lowest BCUT2D eigenvalue weighted by Crippen LogP contribution is -2.41. The number of benzene rings is 6. The van der Waals surface area contributed by atoms with Crippen LogP contribution in [0.3, 0.4) is 0 Å². The van der Waals surface area contributed by atoms with Crippen molar-refractivity contribution in [2.45, 2.75) is 287 Å². The third-order valence-corrected chi connectivity index (χ3v) is 34.9. The summed E-state index contributed by atoms with van der Waals surface area (Å²) in [5.74, 6) is -0.492. The fourth-order valence-electron chi connectivity index (χ4n) is 22.7. The first-order valence-electron chi connectivity index (χ1n) is 53.4. The van der Waals surface area contributed by atoms with Gasteiger partial charge in [-0.25, -0.2) is 26.3 Å². The van der Waals surface area contributed by atoms with Gasteiger partial charge < -0.3 is 56.8 Å². The Morgan fingerprint density at radius 3 is 0.687 bits per heavy atom. The van der Waals surface area contributed by atoms with Gasteiger partial charge in [-0.2, -0.15) is 26.3 Å². The molecule has 6 aliphatic carbocycles. The SMILES string of the molecule is Cc1ccc(C(=O)C2OCC(C3CCC(C)CC3)CO2)c(C(F)(F)F)c1F.Cc1ccc(C(=O)C2OCC(C3CCC(C)CC3)CO2)c(Cl)c1Cl.Cc1ccc(C(=O)C2OCC(C3CCC(C)CC3)CO2)c(Cl)c1F.Cc1ccc(C(=O)C2OCC(C3CCC(C)CC3)CO2)c(F)c1C(F)(F)F.Cc1ccc(C(=O)C2OCC(C3CCC(C)CC3)CO2)c(F)c1Cl.Cc1ccc(C(=O)C2OCC(C3CCC(C)CC3)CO2)c(F)c1F.[HH].[HH].[HH].[HH].[HH].[HH]. The number of halogens is 16. The number of hydrogen-bond acceptors (Lipinski definition) is 18. The van der Waals surface area contributed by atoms with E-state index < -0.39 is 136 Å². The Labute approximate surface area is 901 Å². The van der Waals surface area contributed by atoms with E-state index in [1.54, 1.807) is 38.1 Å². The highest BCUT2D eigenvalue weighted by Gasteiger charge is 2.47. The molecule has 0 radical (unpaired) electrons. The molecule has 6 aromatic rings. The van der Waals surface area contributed by atoms with Gasteiger partial charge in [0.15, 0.2) is 17.5 Å². The lowest BCUT2D eigenvalue weighted by molar-refractivity contribution is -0.184.